The maximum absolute atomic E-state index is 13.4. The summed E-state index contributed by atoms with van der Waals surface area (Å²) in [5.41, 5.74) is 1.02. The molecule has 7 nitrogen and oxygen atoms in total. The molecule has 0 saturated heterocycles. The van der Waals surface area contributed by atoms with Gasteiger partial charge in [0.1, 0.15) is 12.6 Å². The first kappa shape index (κ1) is 27.1. The molecule has 0 saturated carbocycles. The van der Waals surface area contributed by atoms with Crippen molar-refractivity contribution >= 4 is 55.1 Å². The first-order valence-corrected chi connectivity index (χ1v) is 13.6. The number of anilines is 1. The lowest BCUT2D eigenvalue weighted by Crippen LogP contribution is -2.51. The van der Waals surface area contributed by atoms with Gasteiger partial charge in [-0.3, -0.25) is 13.9 Å². The van der Waals surface area contributed by atoms with Gasteiger partial charge in [0, 0.05) is 22.6 Å². The number of nitrogens with one attached hydrogen (secondary N) is 1. The Labute approximate surface area is 209 Å². The number of hydrogen-bond donors (Lipinski definition) is 1. The van der Waals surface area contributed by atoms with Crippen molar-refractivity contribution in [3.8, 4) is 0 Å². The van der Waals surface area contributed by atoms with Crippen LogP contribution in [0, 0.1) is 0 Å². The number of halogens is 2. The van der Waals surface area contributed by atoms with Crippen LogP contribution in [-0.2, 0) is 26.2 Å². The van der Waals surface area contributed by atoms with Gasteiger partial charge in [-0.2, -0.15) is 0 Å². The summed E-state index contributed by atoms with van der Waals surface area (Å²) in [5.74, 6) is -0.820. The van der Waals surface area contributed by atoms with Gasteiger partial charge in [0.2, 0.25) is 21.8 Å². The maximum atomic E-state index is 13.4. The summed E-state index contributed by atoms with van der Waals surface area (Å²) in [5, 5.41) is 3.30. The molecule has 0 radical (unpaired) electrons. The number of rotatable bonds is 11. The fourth-order valence-electron chi connectivity index (χ4n) is 3.15. The van der Waals surface area contributed by atoms with Crippen molar-refractivity contribution in [2.45, 2.75) is 39.3 Å². The molecule has 0 fully saturated rings. The highest BCUT2D eigenvalue weighted by Crippen LogP contribution is 2.23. The third-order valence-electron chi connectivity index (χ3n) is 5.09. The lowest BCUT2D eigenvalue weighted by molar-refractivity contribution is -0.139. The lowest BCUT2D eigenvalue weighted by Gasteiger charge is -2.31. The lowest BCUT2D eigenvalue weighted by atomic mass is 10.1. The van der Waals surface area contributed by atoms with Gasteiger partial charge in [-0.25, -0.2) is 8.42 Å². The van der Waals surface area contributed by atoms with Gasteiger partial charge in [0.25, 0.3) is 0 Å². The molecule has 0 aromatic heterocycles. The first-order valence-electron chi connectivity index (χ1n) is 10.6. The minimum Gasteiger partial charge on any atom is -0.354 e. The number of amides is 2. The third kappa shape index (κ3) is 8.01. The van der Waals surface area contributed by atoms with Gasteiger partial charge in [-0.15, -0.1) is 0 Å². The van der Waals surface area contributed by atoms with Crippen molar-refractivity contribution < 1.29 is 18.0 Å². The van der Waals surface area contributed by atoms with E-state index in [-0.39, 0.29) is 12.5 Å². The standard InChI is InChI=1S/C23H29BrClN3O4S/c1-4-5-14-26-23(30)17(2)27(15-18-8-6-7-9-21(18)25)22(29)16-28(33(3,31)32)20-12-10-19(24)11-13-20/h6-13,17H,4-5,14-16H2,1-3H3,(H,26,30). The van der Waals surface area contributed by atoms with E-state index in [9.17, 15) is 18.0 Å². The second kappa shape index (κ2) is 12.4. The molecule has 180 valence electrons. The van der Waals surface area contributed by atoms with E-state index in [1.54, 1.807) is 55.5 Å². The molecule has 0 heterocycles. The van der Waals surface area contributed by atoms with E-state index in [2.05, 4.69) is 21.2 Å². The number of hydrogen-bond acceptors (Lipinski definition) is 4. The van der Waals surface area contributed by atoms with Crippen molar-refractivity contribution in [3.05, 3.63) is 63.6 Å². The Balaban J connectivity index is 2.35. The fraction of sp³-hybridized carbons (Fsp3) is 0.391. The summed E-state index contributed by atoms with van der Waals surface area (Å²) in [6.07, 6.45) is 2.79. The van der Waals surface area contributed by atoms with Gasteiger partial charge >= 0.3 is 0 Å². The number of carbonyl (C=O) groups is 2. The fourth-order valence-corrected chi connectivity index (χ4v) is 4.46. The van der Waals surface area contributed by atoms with Crippen LogP contribution in [0.15, 0.2) is 53.0 Å². The molecule has 2 rings (SSSR count). The van der Waals surface area contributed by atoms with Gasteiger partial charge in [-0.1, -0.05) is 59.1 Å². The van der Waals surface area contributed by atoms with Crippen LogP contribution < -0.4 is 9.62 Å². The smallest absolute Gasteiger partial charge is 0.244 e. The average molecular weight is 559 g/mol. The highest BCUT2D eigenvalue weighted by Gasteiger charge is 2.30. The van der Waals surface area contributed by atoms with Gasteiger partial charge in [0.05, 0.1) is 11.9 Å². The average Bonchev–Trinajstić information content (AvgIpc) is 2.76. The summed E-state index contributed by atoms with van der Waals surface area (Å²) in [6.45, 7) is 3.77. The summed E-state index contributed by atoms with van der Waals surface area (Å²) in [7, 11) is -3.76. The molecule has 2 aromatic rings. The molecular weight excluding hydrogens is 530 g/mol. The number of nitrogens with zero attached hydrogens (tertiary/aromatic N) is 2. The zero-order chi connectivity index (χ0) is 24.6. The highest BCUT2D eigenvalue weighted by molar-refractivity contribution is 9.10. The Bertz CT molecular complexity index is 1060. The van der Waals surface area contributed by atoms with Crippen molar-refractivity contribution in [3.63, 3.8) is 0 Å². The molecule has 0 aliphatic rings. The molecule has 0 spiro atoms. The molecule has 10 heteroatoms. The van der Waals surface area contributed by atoms with Crippen molar-refractivity contribution in [1.29, 1.82) is 0 Å². The second-order valence-electron chi connectivity index (χ2n) is 7.68. The van der Waals surface area contributed by atoms with Gasteiger partial charge in [0.15, 0.2) is 0 Å². The molecule has 2 amide bonds. The highest BCUT2D eigenvalue weighted by atomic mass is 79.9. The Morgan fingerprint density at radius 3 is 2.33 bits per heavy atom. The summed E-state index contributed by atoms with van der Waals surface area (Å²) in [4.78, 5) is 27.5. The van der Waals surface area contributed by atoms with Crippen LogP contribution >= 0.6 is 27.5 Å². The second-order valence-corrected chi connectivity index (χ2v) is 10.9. The van der Waals surface area contributed by atoms with E-state index in [0.717, 1.165) is 27.9 Å². The molecule has 2 aromatic carbocycles. The summed E-state index contributed by atoms with van der Waals surface area (Å²) >= 11 is 9.62. The Kier molecular flexibility index (Phi) is 10.2. The van der Waals surface area contributed by atoms with Gasteiger partial charge in [-0.05, 0) is 49.2 Å². The SMILES string of the molecule is CCCCNC(=O)C(C)N(Cc1ccccc1Cl)C(=O)CN(c1ccc(Br)cc1)S(C)(=O)=O. The van der Waals surface area contributed by atoms with Crippen molar-refractivity contribution in [1.82, 2.24) is 10.2 Å². The minimum absolute atomic E-state index is 0.0683. The van der Waals surface area contributed by atoms with Crippen LogP contribution in [0.1, 0.15) is 32.3 Å². The molecule has 0 bridgehead atoms. The van der Waals surface area contributed by atoms with Crippen LogP contribution in [0.25, 0.3) is 0 Å². The van der Waals surface area contributed by atoms with Crippen LogP contribution in [0.5, 0.6) is 0 Å². The predicted octanol–water partition coefficient (Wildman–Crippen LogP) is 4.20. The number of carbonyl (C=O) groups excluding carboxylic acids is 2. The van der Waals surface area contributed by atoms with E-state index in [0.29, 0.717) is 22.8 Å². The summed E-state index contributed by atoms with van der Waals surface area (Å²) in [6, 6.07) is 12.8. The molecule has 1 N–H and O–H groups in total. The van der Waals surface area contributed by atoms with E-state index < -0.39 is 28.5 Å². The number of sulfonamides is 1. The Morgan fingerprint density at radius 1 is 1.12 bits per heavy atom. The van der Waals surface area contributed by atoms with Crippen LogP contribution in [-0.4, -0.2) is 50.5 Å². The van der Waals surface area contributed by atoms with Crippen LogP contribution in [0.4, 0.5) is 5.69 Å². The molecule has 0 aliphatic heterocycles. The van der Waals surface area contributed by atoms with Crippen LogP contribution in [0.2, 0.25) is 5.02 Å². The maximum Gasteiger partial charge on any atom is 0.244 e. The quantitative estimate of drug-likeness (QED) is 0.419. The van der Waals surface area contributed by atoms with Crippen molar-refractivity contribution in [2.24, 2.45) is 0 Å². The van der Waals surface area contributed by atoms with Crippen LogP contribution in [0.3, 0.4) is 0 Å². The zero-order valence-electron chi connectivity index (χ0n) is 18.9. The molecule has 33 heavy (non-hydrogen) atoms. The first-order chi connectivity index (χ1) is 15.5. The molecule has 0 aliphatic carbocycles. The number of benzene rings is 2. The third-order valence-corrected chi connectivity index (χ3v) is 7.13. The van der Waals surface area contributed by atoms with Gasteiger partial charge < -0.3 is 10.2 Å². The largest absolute Gasteiger partial charge is 0.354 e. The Morgan fingerprint density at radius 2 is 1.76 bits per heavy atom. The molecular formula is C23H29BrClN3O4S. The normalized spacial score (nSPS) is 12.2. The predicted molar refractivity (Wildman–Crippen MR) is 136 cm³/mol. The molecule has 1 unspecified atom stereocenters. The zero-order valence-corrected chi connectivity index (χ0v) is 22.1. The molecule has 1 atom stereocenters. The van der Waals surface area contributed by atoms with E-state index >= 15 is 0 Å². The van der Waals surface area contributed by atoms with E-state index in [1.807, 2.05) is 6.92 Å². The van der Waals surface area contributed by atoms with E-state index in [1.165, 1.54) is 4.90 Å². The Hall–Kier alpha value is -2.10. The monoisotopic (exact) mass is 557 g/mol. The van der Waals surface area contributed by atoms with Crippen molar-refractivity contribution in [2.75, 3.05) is 23.7 Å². The summed E-state index contributed by atoms with van der Waals surface area (Å²) < 4.78 is 26.8. The topological polar surface area (TPSA) is 86.8 Å². The van der Waals surface area contributed by atoms with E-state index in [4.69, 9.17) is 11.6 Å². The minimum atomic E-state index is -3.76. The number of unbranched alkanes of at least 4 members (excludes halogenated alkanes) is 1.